The number of hydrogen-bond acceptors (Lipinski definition) is 3. The lowest BCUT2D eigenvalue weighted by atomic mass is 9.91. The van der Waals surface area contributed by atoms with Gasteiger partial charge in [0.25, 0.3) is 0 Å². The zero-order valence-electron chi connectivity index (χ0n) is 14.9. The van der Waals surface area contributed by atoms with E-state index in [0.717, 1.165) is 37.4 Å². The van der Waals surface area contributed by atoms with Crippen molar-refractivity contribution < 1.29 is 4.79 Å². The van der Waals surface area contributed by atoms with E-state index in [2.05, 4.69) is 4.90 Å². The van der Waals surface area contributed by atoms with E-state index in [1.165, 1.54) is 32.5 Å². The Kier molecular flexibility index (Phi) is 5.90. The van der Waals surface area contributed by atoms with E-state index >= 15 is 0 Å². The maximum absolute atomic E-state index is 12.8. The maximum atomic E-state index is 12.8. The van der Waals surface area contributed by atoms with E-state index in [1.54, 1.807) is 0 Å². The minimum Gasteiger partial charge on any atom is -0.342 e. The standard InChI is InChI=1S/C20H31N3O/c1-16(19(21)18-7-3-2-4-8-18)20(24)23-13-9-17(10-14-23)15-22-11-5-6-12-22/h2-4,7-8,16-17,19H,5-6,9-15,21H2,1H3. The molecule has 4 nitrogen and oxygen atoms in total. The lowest BCUT2D eigenvalue weighted by Crippen LogP contribution is -2.45. The van der Waals surface area contributed by atoms with Gasteiger partial charge in [-0.1, -0.05) is 37.3 Å². The summed E-state index contributed by atoms with van der Waals surface area (Å²) in [5.74, 6) is 0.804. The fourth-order valence-corrected chi connectivity index (χ4v) is 4.07. The molecule has 2 aliphatic rings. The molecule has 0 spiro atoms. The summed E-state index contributed by atoms with van der Waals surface area (Å²) in [7, 11) is 0. The normalized spacial score (nSPS) is 22.5. The van der Waals surface area contributed by atoms with Crippen LogP contribution in [0.1, 0.15) is 44.2 Å². The van der Waals surface area contributed by atoms with Gasteiger partial charge in [-0.3, -0.25) is 4.79 Å². The Labute approximate surface area is 146 Å². The fraction of sp³-hybridized carbons (Fsp3) is 0.650. The van der Waals surface area contributed by atoms with Crippen LogP contribution in [0.3, 0.4) is 0 Å². The Morgan fingerprint density at radius 2 is 1.75 bits per heavy atom. The van der Waals surface area contributed by atoms with Gasteiger partial charge in [0.15, 0.2) is 0 Å². The number of piperidine rings is 1. The second kappa shape index (κ2) is 8.13. The van der Waals surface area contributed by atoms with Crippen molar-refractivity contribution in [1.82, 2.24) is 9.80 Å². The highest BCUT2D eigenvalue weighted by Gasteiger charge is 2.30. The summed E-state index contributed by atoms with van der Waals surface area (Å²) in [6.45, 7) is 7.51. The molecule has 132 valence electrons. The minimum absolute atomic E-state index is 0.164. The third kappa shape index (κ3) is 4.17. The molecule has 2 aliphatic heterocycles. The summed E-state index contributed by atoms with van der Waals surface area (Å²) in [6, 6.07) is 9.74. The second-order valence-electron chi connectivity index (χ2n) is 7.50. The van der Waals surface area contributed by atoms with Gasteiger partial charge in [-0.05, 0) is 50.3 Å². The average Bonchev–Trinajstić information content (AvgIpc) is 3.14. The first-order valence-corrected chi connectivity index (χ1v) is 9.47. The molecule has 2 saturated heterocycles. The Bertz CT molecular complexity index is 519. The van der Waals surface area contributed by atoms with Gasteiger partial charge in [-0.25, -0.2) is 0 Å². The van der Waals surface area contributed by atoms with Crippen molar-refractivity contribution in [2.45, 2.75) is 38.6 Å². The van der Waals surface area contributed by atoms with Crippen molar-refractivity contribution in [3.63, 3.8) is 0 Å². The number of nitrogens with two attached hydrogens (primary N) is 1. The van der Waals surface area contributed by atoms with Crippen LogP contribution < -0.4 is 5.73 Å². The topological polar surface area (TPSA) is 49.6 Å². The summed E-state index contributed by atoms with van der Waals surface area (Å²) < 4.78 is 0. The lowest BCUT2D eigenvalue weighted by molar-refractivity contribution is -0.137. The molecule has 0 aliphatic carbocycles. The Morgan fingerprint density at radius 1 is 1.12 bits per heavy atom. The van der Waals surface area contributed by atoms with Crippen molar-refractivity contribution in [2.24, 2.45) is 17.6 Å². The van der Waals surface area contributed by atoms with Crippen LogP contribution >= 0.6 is 0 Å². The van der Waals surface area contributed by atoms with Crippen LogP contribution in [0, 0.1) is 11.8 Å². The average molecular weight is 329 g/mol. The monoisotopic (exact) mass is 329 g/mol. The number of benzene rings is 1. The molecule has 2 atom stereocenters. The molecule has 2 unspecified atom stereocenters. The molecule has 1 amide bonds. The highest BCUT2D eigenvalue weighted by Crippen LogP contribution is 2.25. The molecule has 0 saturated carbocycles. The third-order valence-electron chi connectivity index (χ3n) is 5.75. The summed E-state index contributed by atoms with van der Waals surface area (Å²) in [6.07, 6.45) is 4.98. The van der Waals surface area contributed by atoms with Gasteiger partial charge in [-0.2, -0.15) is 0 Å². The molecule has 2 N–H and O–H groups in total. The molecule has 0 aromatic heterocycles. The number of carbonyl (C=O) groups excluding carboxylic acids is 1. The van der Waals surface area contributed by atoms with Crippen molar-refractivity contribution in [1.29, 1.82) is 0 Å². The van der Waals surface area contributed by atoms with Crippen LogP contribution in [0.25, 0.3) is 0 Å². The quantitative estimate of drug-likeness (QED) is 0.903. The van der Waals surface area contributed by atoms with Gasteiger partial charge < -0.3 is 15.5 Å². The molecule has 24 heavy (non-hydrogen) atoms. The first-order valence-electron chi connectivity index (χ1n) is 9.47. The number of likely N-dealkylation sites (tertiary alicyclic amines) is 2. The second-order valence-corrected chi connectivity index (χ2v) is 7.50. The predicted molar refractivity (Wildman–Crippen MR) is 97.5 cm³/mol. The third-order valence-corrected chi connectivity index (χ3v) is 5.75. The molecular weight excluding hydrogens is 298 g/mol. The molecule has 2 fully saturated rings. The number of rotatable bonds is 5. The highest BCUT2D eigenvalue weighted by molar-refractivity contribution is 5.79. The largest absolute Gasteiger partial charge is 0.342 e. The summed E-state index contributed by atoms with van der Waals surface area (Å²) in [5.41, 5.74) is 7.37. The summed E-state index contributed by atoms with van der Waals surface area (Å²) >= 11 is 0. The van der Waals surface area contributed by atoms with E-state index in [4.69, 9.17) is 5.73 Å². The molecule has 0 radical (unpaired) electrons. The van der Waals surface area contributed by atoms with Gasteiger partial charge in [0.1, 0.15) is 0 Å². The number of amides is 1. The van der Waals surface area contributed by atoms with E-state index in [1.807, 2.05) is 42.2 Å². The number of nitrogens with zero attached hydrogens (tertiary/aromatic N) is 2. The predicted octanol–water partition coefficient (Wildman–Crippen LogP) is 2.66. The molecule has 2 heterocycles. The first-order chi connectivity index (χ1) is 11.6. The van der Waals surface area contributed by atoms with Crippen LogP contribution in [0.2, 0.25) is 0 Å². The van der Waals surface area contributed by atoms with Crippen LogP contribution in [-0.2, 0) is 4.79 Å². The SMILES string of the molecule is CC(C(=O)N1CCC(CN2CCCC2)CC1)C(N)c1ccccc1. The Balaban J connectivity index is 1.49. The van der Waals surface area contributed by atoms with Gasteiger partial charge in [0.05, 0.1) is 5.92 Å². The van der Waals surface area contributed by atoms with Crippen LogP contribution in [0.5, 0.6) is 0 Å². The van der Waals surface area contributed by atoms with Gasteiger partial charge in [-0.15, -0.1) is 0 Å². The molecule has 4 heteroatoms. The Hall–Kier alpha value is -1.39. The number of carbonyl (C=O) groups is 1. The Morgan fingerprint density at radius 3 is 2.38 bits per heavy atom. The zero-order valence-corrected chi connectivity index (χ0v) is 14.9. The van der Waals surface area contributed by atoms with Crippen molar-refractivity contribution in [3.05, 3.63) is 35.9 Å². The van der Waals surface area contributed by atoms with E-state index in [-0.39, 0.29) is 17.9 Å². The molecule has 1 aromatic rings. The number of hydrogen-bond donors (Lipinski definition) is 1. The van der Waals surface area contributed by atoms with Gasteiger partial charge in [0.2, 0.25) is 5.91 Å². The van der Waals surface area contributed by atoms with Gasteiger partial charge in [0, 0.05) is 25.7 Å². The molecule has 0 bridgehead atoms. The maximum Gasteiger partial charge on any atom is 0.227 e. The van der Waals surface area contributed by atoms with E-state index in [9.17, 15) is 4.79 Å². The van der Waals surface area contributed by atoms with Crippen LogP contribution in [0.15, 0.2) is 30.3 Å². The van der Waals surface area contributed by atoms with E-state index in [0.29, 0.717) is 0 Å². The molecule has 3 rings (SSSR count). The fourth-order valence-electron chi connectivity index (χ4n) is 4.07. The van der Waals surface area contributed by atoms with Crippen LogP contribution in [0.4, 0.5) is 0 Å². The van der Waals surface area contributed by atoms with Crippen molar-refractivity contribution >= 4 is 5.91 Å². The minimum atomic E-state index is -0.221. The lowest BCUT2D eigenvalue weighted by Gasteiger charge is -2.36. The van der Waals surface area contributed by atoms with E-state index < -0.39 is 0 Å². The highest BCUT2D eigenvalue weighted by atomic mass is 16.2. The van der Waals surface area contributed by atoms with Gasteiger partial charge >= 0.3 is 0 Å². The smallest absolute Gasteiger partial charge is 0.227 e. The first kappa shape index (κ1) is 17.4. The van der Waals surface area contributed by atoms with Crippen molar-refractivity contribution in [2.75, 3.05) is 32.7 Å². The molecule has 1 aromatic carbocycles. The molecular formula is C20H31N3O. The van der Waals surface area contributed by atoms with Crippen molar-refractivity contribution in [3.8, 4) is 0 Å². The zero-order chi connectivity index (χ0) is 16.9. The summed E-state index contributed by atoms with van der Waals surface area (Å²) in [4.78, 5) is 17.4. The van der Waals surface area contributed by atoms with Crippen LogP contribution in [-0.4, -0.2) is 48.4 Å². The summed E-state index contributed by atoms with van der Waals surface area (Å²) in [5, 5.41) is 0.